The summed E-state index contributed by atoms with van der Waals surface area (Å²) in [7, 11) is 0. The maximum atomic E-state index is 13.6. The van der Waals surface area contributed by atoms with Crippen LogP contribution >= 0.6 is 0 Å². The van der Waals surface area contributed by atoms with Gasteiger partial charge in [0, 0.05) is 36.5 Å². The summed E-state index contributed by atoms with van der Waals surface area (Å²) in [5.41, 5.74) is 3.74. The number of carbonyl (C=O) groups is 3. The molecule has 3 aromatic rings. The van der Waals surface area contributed by atoms with Gasteiger partial charge in [-0.05, 0) is 61.8 Å². The van der Waals surface area contributed by atoms with Crippen LogP contribution in [0.4, 0.5) is 5.69 Å². The van der Waals surface area contributed by atoms with Crippen LogP contribution in [0.15, 0.2) is 60.7 Å². The molecule has 37 heavy (non-hydrogen) atoms. The zero-order valence-corrected chi connectivity index (χ0v) is 22.3. The highest BCUT2D eigenvalue weighted by atomic mass is 16.2. The zero-order chi connectivity index (χ0) is 26.5. The van der Waals surface area contributed by atoms with E-state index in [-0.39, 0.29) is 30.2 Å². The molecule has 0 saturated heterocycles. The van der Waals surface area contributed by atoms with Crippen LogP contribution in [-0.4, -0.2) is 41.2 Å². The molecule has 0 bridgehead atoms. The van der Waals surface area contributed by atoms with Gasteiger partial charge in [-0.15, -0.1) is 0 Å². The van der Waals surface area contributed by atoms with Gasteiger partial charge in [0.25, 0.3) is 5.91 Å². The molecule has 6 nitrogen and oxygen atoms in total. The smallest absolute Gasteiger partial charge is 0.258 e. The molecule has 3 amide bonds. The molecule has 0 fully saturated rings. The molecule has 1 N–H and O–H groups in total. The number of amides is 3. The SMILES string of the molecule is CC[C@H](C)NC(=O)[C@H](CC)N(Cc1ccccc1C)C(=O)CCCN1C(=O)c2cccc3cccc1c23. The highest BCUT2D eigenvalue weighted by molar-refractivity contribution is 6.25. The number of aryl methyl sites for hydroxylation is 1. The molecule has 0 aliphatic carbocycles. The number of carbonyl (C=O) groups excluding carboxylic acids is 3. The Morgan fingerprint density at radius 1 is 0.973 bits per heavy atom. The monoisotopic (exact) mass is 499 g/mol. The van der Waals surface area contributed by atoms with Gasteiger partial charge in [0.1, 0.15) is 6.04 Å². The minimum atomic E-state index is -0.549. The predicted molar refractivity (Wildman–Crippen MR) is 149 cm³/mol. The van der Waals surface area contributed by atoms with E-state index in [4.69, 9.17) is 0 Å². The van der Waals surface area contributed by atoms with Crippen molar-refractivity contribution in [3.63, 3.8) is 0 Å². The van der Waals surface area contributed by atoms with Crippen LogP contribution in [0.1, 0.15) is 67.9 Å². The molecule has 0 aromatic heterocycles. The summed E-state index contributed by atoms with van der Waals surface area (Å²) in [6.45, 7) is 8.80. The van der Waals surface area contributed by atoms with Gasteiger partial charge >= 0.3 is 0 Å². The normalized spacial score (nSPS) is 14.1. The van der Waals surface area contributed by atoms with Gasteiger partial charge in [0.05, 0.1) is 5.69 Å². The molecule has 0 radical (unpaired) electrons. The van der Waals surface area contributed by atoms with Crippen molar-refractivity contribution in [2.75, 3.05) is 11.4 Å². The molecule has 0 spiro atoms. The van der Waals surface area contributed by atoms with Gasteiger partial charge in [-0.25, -0.2) is 0 Å². The molecule has 194 valence electrons. The van der Waals surface area contributed by atoms with Crippen LogP contribution in [-0.2, 0) is 16.1 Å². The van der Waals surface area contributed by atoms with Crippen molar-refractivity contribution in [2.24, 2.45) is 0 Å². The van der Waals surface area contributed by atoms with E-state index < -0.39 is 6.04 Å². The number of anilines is 1. The minimum absolute atomic E-state index is 0.0182. The second kappa shape index (κ2) is 11.6. The first-order valence-corrected chi connectivity index (χ1v) is 13.3. The second-order valence-corrected chi connectivity index (χ2v) is 9.93. The first-order valence-electron chi connectivity index (χ1n) is 13.3. The topological polar surface area (TPSA) is 69.7 Å². The number of hydrogen-bond acceptors (Lipinski definition) is 3. The van der Waals surface area contributed by atoms with Crippen molar-refractivity contribution in [3.8, 4) is 0 Å². The van der Waals surface area contributed by atoms with Crippen LogP contribution in [0.25, 0.3) is 10.8 Å². The van der Waals surface area contributed by atoms with E-state index in [1.165, 1.54) is 0 Å². The molecule has 4 rings (SSSR count). The number of rotatable bonds is 11. The maximum absolute atomic E-state index is 13.6. The molecule has 1 heterocycles. The van der Waals surface area contributed by atoms with Gasteiger partial charge < -0.3 is 15.1 Å². The van der Waals surface area contributed by atoms with E-state index in [0.29, 0.717) is 31.5 Å². The van der Waals surface area contributed by atoms with Crippen molar-refractivity contribution in [1.29, 1.82) is 0 Å². The number of hydrogen-bond donors (Lipinski definition) is 1. The van der Waals surface area contributed by atoms with Crippen LogP contribution in [0.2, 0.25) is 0 Å². The molecular weight excluding hydrogens is 462 g/mol. The van der Waals surface area contributed by atoms with Crippen molar-refractivity contribution in [1.82, 2.24) is 10.2 Å². The minimum Gasteiger partial charge on any atom is -0.352 e. The zero-order valence-electron chi connectivity index (χ0n) is 22.3. The number of nitrogens with zero attached hydrogens (tertiary/aromatic N) is 2. The predicted octanol–water partition coefficient (Wildman–Crippen LogP) is 5.61. The lowest BCUT2D eigenvalue weighted by atomic mass is 10.0. The molecule has 2 atom stereocenters. The molecule has 1 aliphatic rings. The third-order valence-electron chi connectivity index (χ3n) is 7.41. The van der Waals surface area contributed by atoms with Gasteiger partial charge in [-0.2, -0.15) is 0 Å². The Kier molecular flexibility index (Phi) is 8.27. The Hall–Kier alpha value is -3.67. The third-order valence-corrected chi connectivity index (χ3v) is 7.41. The highest BCUT2D eigenvalue weighted by Crippen LogP contribution is 2.37. The van der Waals surface area contributed by atoms with Crippen molar-refractivity contribution < 1.29 is 14.4 Å². The molecular formula is C31H37N3O3. The fraction of sp³-hybridized carbons (Fsp3) is 0.387. The molecule has 6 heteroatoms. The van der Waals surface area contributed by atoms with Crippen molar-refractivity contribution >= 4 is 34.2 Å². The van der Waals surface area contributed by atoms with Gasteiger partial charge in [0.15, 0.2) is 0 Å². The number of nitrogens with one attached hydrogen (secondary N) is 1. The van der Waals surface area contributed by atoms with Gasteiger partial charge in [-0.1, -0.05) is 62.4 Å². The van der Waals surface area contributed by atoms with Gasteiger partial charge in [0.2, 0.25) is 11.8 Å². The molecule has 0 saturated carbocycles. The Balaban J connectivity index is 1.50. The van der Waals surface area contributed by atoms with E-state index in [1.807, 2.05) is 88.4 Å². The fourth-order valence-electron chi connectivity index (χ4n) is 5.06. The molecule has 0 unspecified atom stereocenters. The quantitative estimate of drug-likeness (QED) is 0.373. The van der Waals surface area contributed by atoms with Crippen LogP contribution in [0.5, 0.6) is 0 Å². The highest BCUT2D eigenvalue weighted by Gasteiger charge is 2.31. The lowest BCUT2D eigenvalue weighted by Gasteiger charge is -2.32. The standard InChI is InChI=1S/C31H37N3O3/c1-5-22(4)32-30(36)26(6-2)34(20-24-13-8-7-12-21(24)3)28(35)18-11-19-33-27-17-10-15-23-14-9-16-25(29(23)27)31(33)37/h7-10,12-17,22,26H,5-6,11,18-20H2,1-4H3,(H,32,36)/t22-,26-/m0/s1. The Morgan fingerprint density at radius 2 is 1.70 bits per heavy atom. The molecule has 3 aromatic carbocycles. The second-order valence-electron chi connectivity index (χ2n) is 9.93. The first kappa shape index (κ1) is 26.4. The summed E-state index contributed by atoms with van der Waals surface area (Å²) in [6.07, 6.45) is 2.13. The summed E-state index contributed by atoms with van der Waals surface area (Å²) in [5, 5.41) is 5.09. The van der Waals surface area contributed by atoms with Crippen LogP contribution < -0.4 is 10.2 Å². The summed E-state index contributed by atoms with van der Waals surface area (Å²) in [6, 6.07) is 19.2. The van der Waals surface area contributed by atoms with Crippen molar-refractivity contribution in [3.05, 3.63) is 77.4 Å². The lowest BCUT2D eigenvalue weighted by molar-refractivity contribution is -0.141. The maximum Gasteiger partial charge on any atom is 0.258 e. The van der Waals surface area contributed by atoms with Gasteiger partial charge in [-0.3, -0.25) is 14.4 Å². The lowest BCUT2D eigenvalue weighted by Crippen LogP contribution is -2.50. The third kappa shape index (κ3) is 5.53. The summed E-state index contributed by atoms with van der Waals surface area (Å²) < 4.78 is 0. The van der Waals surface area contributed by atoms with Crippen LogP contribution in [0.3, 0.4) is 0 Å². The first-order chi connectivity index (χ1) is 17.8. The Bertz CT molecular complexity index is 1300. The average molecular weight is 500 g/mol. The average Bonchev–Trinajstić information content (AvgIpc) is 3.17. The van der Waals surface area contributed by atoms with E-state index in [9.17, 15) is 14.4 Å². The largest absolute Gasteiger partial charge is 0.352 e. The van der Waals surface area contributed by atoms with E-state index in [2.05, 4.69) is 5.32 Å². The van der Waals surface area contributed by atoms with E-state index in [0.717, 1.165) is 34.0 Å². The number of benzene rings is 3. The molecule has 1 aliphatic heterocycles. The van der Waals surface area contributed by atoms with Crippen molar-refractivity contribution in [2.45, 2.75) is 72.0 Å². The Morgan fingerprint density at radius 3 is 2.41 bits per heavy atom. The fourth-order valence-corrected chi connectivity index (χ4v) is 5.06. The van der Waals surface area contributed by atoms with E-state index >= 15 is 0 Å². The van der Waals surface area contributed by atoms with Crippen LogP contribution in [0, 0.1) is 6.92 Å². The van der Waals surface area contributed by atoms with E-state index in [1.54, 1.807) is 9.80 Å². The summed E-state index contributed by atoms with van der Waals surface area (Å²) in [5.74, 6) is -0.206. The summed E-state index contributed by atoms with van der Waals surface area (Å²) in [4.78, 5) is 43.4. The Labute approximate surface area is 219 Å². The summed E-state index contributed by atoms with van der Waals surface area (Å²) >= 11 is 0.